The van der Waals surface area contributed by atoms with E-state index in [9.17, 15) is 0 Å². The van der Waals surface area contributed by atoms with Crippen LogP contribution in [0.4, 0.5) is 0 Å². The number of guanidine groups is 1. The first-order valence-corrected chi connectivity index (χ1v) is 7.55. The van der Waals surface area contributed by atoms with Crippen molar-refractivity contribution in [1.82, 2.24) is 10.6 Å². The predicted molar refractivity (Wildman–Crippen MR) is 106 cm³/mol. The van der Waals surface area contributed by atoms with Gasteiger partial charge in [0.25, 0.3) is 0 Å². The third-order valence-corrected chi connectivity index (χ3v) is 2.92. The molecule has 0 atom stereocenters. The molecule has 126 valence electrons. The molecular weight excluding hydrogens is 389 g/mol. The number of ether oxygens (including phenoxy) is 1. The van der Waals surface area contributed by atoms with Crippen molar-refractivity contribution in [2.45, 2.75) is 46.6 Å². The molecular formula is C17H30IN3O. The van der Waals surface area contributed by atoms with E-state index < -0.39 is 0 Å². The molecule has 0 unspecified atom stereocenters. The smallest absolute Gasteiger partial charge is 0.191 e. The summed E-state index contributed by atoms with van der Waals surface area (Å²) in [5, 5.41) is 6.66. The number of nitrogens with zero attached hydrogens (tertiary/aromatic N) is 1. The molecule has 0 aliphatic heterocycles. The summed E-state index contributed by atoms with van der Waals surface area (Å²) in [6, 6.07) is 6.25. The Morgan fingerprint density at radius 3 is 2.50 bits per heavy atom. The highest BCUT2D eigenvalue weighted by molar-refractivity contribution is 14.0. The van der Waals surface area contributed by atoms with Crippen molar-refractivity contribution in [2.75, 3.05) is 20.2 Å². The van der Waals surface area contributed by atoms with E-state index in [1.165, 1.54) is 11.1 Å². The maximum absolute atomic E-state index is 5.41. The Kier molecular flexibility index (Phi) is 9.48. The highest BCUT2D eigenvalue weighted by Crippen LogP contribution is 2.20. The van der Waals surface area contributed by atoms with Crippen LogP contribution in [0.15, 0.2) is 23.2 Å². The molecule has 1 aromatic carbocycles. The van der Waals surface area contributed by atoms with E-state index in [0.717, 1.165) is 31.2 Å². The minimum absolute atomic E-state index is 0. The topological polar surface area (TPSA) is 45.7 Å². The van der Waals surface area contributed by atoms with Gasteiger partial charge in [-0.2, -0.15) is 0 Å². The molecule has 2 N–H and O–H groups in total. The quantitative estimate of drug-likeness (QED) is 0.436. The van der Waals surface area contributed by atoms with Gasteiger partial charge in [0.1, 0.15) is 5.75 Å². The molecule has 5 heteroatoms. The van der Waals surface area contributed by atoms with Crippen LogP contribution < -0.4 is 15.4 Å². The van der Waals surface area contributed by atoms with E-state index in [2.05, 4.69) is 62.4 Å². The summed E-state index contributed by atoms with van der Waals surface area (Å²) in [7, 11) is 1.71. The van der Waals surface area contributed by atoms with Gasteiger partial charge in [0.2, 0.25) is 0 Å². The predicted octanol–water partition coefficient (Wildman–Crippen LogP) is 3.52. The second-order valence-electron chi connectivity index (χ2n) is 6.20. The van der Waals surface area contributed by atoms with E-state index in [0.29, 0.717) is 0 Å². The lowest BCUT2D eigenvalue weighted by Crippen LogP contribution is -2.47. The lowest BCUT2D eigenvalue weighted by Gasteiger charge is -2.23. The van der Waals surface area contributed by atoms with E-state index in [4.69, 9.17) is 4.74 Å². The number of nitrogens with one attached hydrogen (secondary N) is 2. The summed E-state index contributed by atoms with van der Waals surface area (Å²) in [4.78, 5) is 4.64. The molecule has 1 rings (SSSR count). The third kappa shape index (κ3) is 7.87. The monoisotopic (exact) mass is 419 g/mol. The molecule has 0 aromatic heterocycles. The number of halogens is 1. The number of methoxy groups -OCH3 is 1. The fourth-order valence-corrected chi connectivity index (χ4v) is 2.05. The van der Waals surface area contributed by atoms with Crippen LogP contribution in [0.2, 0.25) is 0 Å². The Labute approximate surface area is 152 Å². The number of hydrogen-bond donors (Lipinski definition) is 2. The number of hydrogen-bond acceptors (Lipinski definition) is 2. The molecule has 0 spiro atoms. The molecule has 0 saturated carbocycles. The Morgan fingerprint density at radius 1 is 1.27 bits per heavy atom. The molecule has 0 radical (unpaired) electrons. The summed E-state index contributed by atoms with van der Waals surface area (Å²) < 4.78 is 5.41. The maximum atomic E-state index is 5.41. The highest BCUT2D eigenvalue weighted by Gasteiger charge is 2.11. The van der Waals surface area contributed by atoms with Crippen molar-refractivity contribution in [1.29, 1.82) is 0 Å². The SMILES string of the molecule is CCNC(=NCCc1cc(C)ccc1OC)NC(C)(C)C.I. The standard InChI is InChI=1S/C17H29N3O.HI/c1-7-18-16(20-17(3,4)5)19-11-10-14-12-13(2)8-9-15(14)21-6;/h8-9,12H,7,10-11H2,1-6H3,(H2,18,19,20);1H. The number of rotatable bonds is 5. The molecule has 0 saturated heterocycles. The molecule has 22 heavy (non-hydrogen) atoms. The van der Waals surface area contributed by atoms with Crippen LogP contribution >= 0.6 is 24.0 Å². The molecule has 1 aromatic rings. The normalized spacial score (nSPS) is 11.6. The minimum atomic E-state index is 0. The van der Waals surface area contributed by atoms with Gasteiger partial charge in [0, 0.05) is 18.6 Å². The van der Waals surface area contributed by atoms with Crippen molar-refractivity contribution < 1.29 is 4.74 Å². The average molecular weight is 419 g/mol. The molecule has 0 aliphatic rings. The van der Waals surface area contributed by atoms with Crippen molar-refractivity contribution >= 4 is 29.9 Å². The number of aliphatic imine (C=N–C) groups is 1. The van der Waals surface area contributed by atoms with Crippen LogP contribution in [0.25, 0.3) is 0 Å². The van der Waals surface area contributed by atoms with Crippen LogP contribution in [0.5, 0.6) is 5.75 Å². The van der Waals surface area contributed by atoms with Crippen LogP contribution in [0.1, 0.15) is 38.8 Å². The molecule has 0 bridgehead atoms. The zero-order valence-corrected chi connectivity index (χ0v) is 16.9. The van der Waals surface area contributed by atoms with Gasteiger partial charge in [0.15, 0.2) is 5.96 Å². The van der Waals surface area contributed by atoms with E-state index in [1.54, 1.807) is 7.11 Å². The summed E-state index contributed by atoms with van der Waals surface area (Å²) in [5.74, 6) is 1.79. The summed E-state index contributed by atoms with van der Waals surface area (Å²) in [6.07, 6.45) is 0.867. The Balaban J connectivity index is 0.00000441. The Bertz CT molecular complexity index is 481. The number of aryl methyl sites for hydroxylation is 1. The molecule has 4 nitrogen and oxygen atoms in total. The van der Waals surface area contributed by atoms with Gasteiger partial charge in [-0.3, -0.25) is 4.99 Å². The van der Waals surface area contributed by atoms with Gasteiger partial charge in [0.05, 0.1) is 7.11 Å². The zero-order chi connectivity index (χ0) is 15.9. The van der Waals surface area contributed by atoms with Gasteiger partial charge < -0.3 is 15.4 Å². The van der Waals surface area contributed by atoms with Crippen molar-refractivity contribution in [3.05, 3.63) is 29.3 Å². The highest BCUT2D eigenvalue weighted by atomic mass is 127. The fourth-order valence-electron chi connectivity index (χ4n) is 2.05. The van der Waals surface area contributed by atoms with E-state index in [1.807, 2.05) is 6.07 Å². The zero-order valence-electron chi connectivity index (χ0n) is 14.6. The van der Waals surface area contributed by atoms with Crippen LogP contribution in [-0.4, -0.2) is 31.7 Å². The van der Waals surface area contributed by atoms with Crippen LogP contribution in [0.3, 0.4) is 0 Å². The first-order valence-electron chi connectivity index (χ1n) is 7.55. The van der Waals surface area contributed by atoms with Crippen molar-refractivity contribution in [3.63, 3.8) is 0 Å². The maximum Gasteiger partial charge on any atom is 0.191 e. The third-order valence-electron chi connectivity index (χ3n) is 2.92. The first-order chi connectivity index (χ1) is 9.85. The lowest BCUT2D eigenvalue weighted by molar-refractivity contribution is 0.409. The largest absolute Gasteiger partial charge is 0.496 e. The molecule has 0 amide bonds. The lowest BCUT2D eigenvalue weighted by atomic mass is 10.1. The first kappa shape index (κ1) is 21.0. The second kappa shape index (κ2) is 9.92. The summed E-state index contributed by atoms with van der Waals surface area (Å²) in [6.45, 7) is 12.1. The van der Waals surface area contributed by atoms with Gasteiger partial charge in [-0.25, -0.2) is 0 Å². The minimum Gasteiger partial charge on any atom is -0.496 e. The second-order valence-corrected chi connectivity index (χ2v) is 6.20. The number of benzene rings is 1. The van der Waals surface area contributed by atoms with Gasteiger partial charge in [-0.1, -0.05) is 17.7 Å². The Morgan fingerprint density at radius 2 is 1.95 bits per heavy atom. The molecule has 0 fully saturated rings. The van der Waals surface area contributed by atoms with Gasteiger partial charge in [-0.05, 0) is 52.7 Å². The van der Waals surface area contributed by atoms with Crippen molar-refractivity contribution in [2.24, 2.45) is 4.99 Å². The van der Waals surface area contributed by atoms with E-state index >= 15 is 0 Å². The molecule has 0 heterocycles. The summed E-state index contributed by atoms with van der Waals surface area (Å²) >= 11 is 0. The van der Waals surface area contributed by atoms with Crippen molar-refractivity contribution in [3.8, 4) is 5.75 Å². The van der Waals surface area contributed by atoms with Crippen LogP contribution in [0, 0.1) is 6.92 Å². The van der Waals surface area contributed by atoms with Crippen LogP contribution in [-0.2, 0) is 6.42 Å². The van der Waals surface area contributed by atoms with Gasteiger partial charge in [-0.15, -0.1) is 24.0 Å². The Hall–Kier alpha value is -0.980. The van der Waals surface area contributed by atoms with Gasteiger partial charge >= 0.3 is 0 Å². The fraction of sp³-hybridized carbons (Fsp3) is 0.588. The molecule has 0 aliphatic carbocycles. The average Bonchev–Trinajstić information content (AvgIpc) is 2.37. The van der Waals surface area contributed by atoms with E-state index in [-0.39, 0.29) is 29.5 Å². The summed E-state index contributed by atoms with van der Waals surface area (Å²) in [5.41, 5.74) is 2.45.